The molecule has 0 bridgehead atoms. The van der Waals surface area contributed by atoms with Crippen LogP contribution in [0.1, 0.15) is 21.6 Å². The van der Waals surface area contributed by atoms with Crippen molar-refractivity contribution < 1.29 is 14.6 Å². The summed E-state index contributed by atoms with van der Waals surface area (Å²) < 4.78 is 7.06. The molecule has 8 heteroatoms. The number of nitrogens with zero attached hydrogens (tertiary/aromatic N) is 4. The van der Waals surface area contributed by atoms with Gasteiger partial charge in [0, 0.05) is 75.4 Å². The van der Waals surface area contributed by atoms with E-state index in [2.05, 4.69) is 14.7 Å². The molecule has 0 saturated carbocycles. The molecule has 0 unspecified atom stereocenters. The molecule has 0 spiro atoms. The van der Waals surface area contributed by atoms with Crippen molar-refractivity contribution in [2.75, 3.05) is 65.6 Å². The molecule has 1 aromatic heterocycles. The lowest BCUT2D eigenvalue weighted by Gasteiger charge is -2.36. The number of benzene rings is 2. The van der Waals surface area contributed by atoms with Crippen molar-refractivity contribution in [2.24, 2.45) is 0 Å². The maximum absolute atomic E-state index is 13.7. The van der Waals surface area contributed by atoms with Gasteiger partial charge < -0.3 is 9.84 Å². The number of ether oxygens (including phenoxy) is 1. The number of hydrogen-bond acceptors (Lipinski definition) is 6. The van der Waals surface area contributed by atoms with Crippen molar-refractivity contribution in [3.05, 3.63) is 75.7 Å². The molecule has 2 aliphatic heterocycles. The summed E-state index contributed by atoms with van der Waals surface area (Å²) in [6, 6.07) is 14.7. The van der Waals surface area contributed by atoms with E-state index in [1.807, 2.05) is 31.2 Å². The Morgan fingerprint density at radius 2 is 1.50 bits per heavy atom. The van der Waals surface area contributed by atoms with Gasteiger partial charge >= 0.3 is 5.97 Å². The van der Waals surface area contributed by atoms with Crippen LogP contribution in [0.5, 0.6) is 0 Å². The number of piperazine rings is 1. The number of carboxylic acids is 1. The van der Waals surface area contributed by atoms with Crippen LogP contribution in [0.2, 0.25) is 0 Å². The molecule has 0 radical (unpaired) electrons. The Balaban J connectivity index is 1.42. The smallest absolute Gasteiger partial charge is 0.338 e. The van der Waals surface area contributed by atoms with Gasteiger partial charge in [0.1, 0.15) is 0 Å². The second kappa shape index (κ2) is 10.9. The number of pyridine rings is 1. The van der Waals surface area contributed by atoms with Gasteiger partial charge in [-0.2, -0.15) is 0 Å². The van der Waals surface area contributed by atoms with E-state index in [1.165, 1.54) is 0 Å². The Morgan fingerprint density at radius 3 is 2.17 bits per heavy atom. The molecule has 190 valence electrons. The van der Waals surface area contributed by atoms with Gasteiger partial charge in [-0.05, 0) is 30.7 Å². The topological polar surface area (TPSA) is 78.2 Å². The number of morpholine rings is 1. The number of carbonyl (C=O) groups is 1. The van der Waals surface area contributed by atoms with Crippen LogP contribution in [-0.2, 0) is 11.3 Å². The monoisotopic (exact) mass is 490 g/mol. The van der Waals surface area contributed by atoms with Crippen molar-refractivity contribution in [3.63, 3.8) is 0 Å². The molecule has 2 aliphatic rings. The molecule has 2 fully saturated rings. The van der Waals surface area contributed by atoms with Crippen LogP contribution in [0, 0.1) is 6.92 Å². The molecule has 0 atom stereocenters. The highest BCUT2D eigenvalue weighted by Gasteiger charge is 2.26. The summed E-state index contributed by atoms with van der Waals surface area (Å²) in [6.07, 6.45) is 0. The Labute approximate surface area is 211 Å². The van der Waals surface area contributed by atoms with Crippen LogP contribution in [0.25, 0.3) is 16.5 Å². The summed E-state index contributed by atoms with van der Waals surface area (Å²) >= 11 is 0. The molecule has 0 amide bonds. The first kappa shape index (κ1) is 24.6. The van der Waals surface area contributed by atoms with Crippen molar-refractivity contribution in [1.82, 2.24) is 19.3 Å². The van der Waals surface area contributed by atoms with Gasteiger partial charge in [0.05, 0.1) is 24.5 Å². The summed E-state index contributed by atoms with van der Waals surface area (Å²) in [5, 5.41) is 11.2. The zero-order valence-electron chi connectivity index (χ0n) is 20.9. The summed E-state index contributed by atoms with van der Waals surface area (Å²) in [5.74, 6) is -1.01. The minimum Gasteiger partial charge on any atom is -0.478 e. The Hall–Kier alpha value is -3.04. The highest BCUT2D eigenvalue weighted by molar-refractivity contribution is 6.04. The molecule has 0 aliphatic carbocycles. The van der Waals surface area contributed by atoms with Gasteiger partial charge in [-0.15, -0.1) is 0 Å². The third-order valence-electron chi connectivity index (χ3n) is 7.34. The fourth-order valence-corrected chi connectivity index (χ4v) is 5.32. The highest BCUT2D eigenvalue weighted by atomic mass is 16.5. The van der Waals surface area contributed by atoms with Crippen LogP contribution in [0.4, 0.5) is 0 Å². The Bertz CT molecular complexity index is 1290. The predicted molar refractivity (Wildman–Crippen MR) is 140 cm³/mol. The van der Waals surface area contributed by atoms with Gasteiger partial charge in [-0.1, -0.05) is 30.3 Å². The second-order valence-electron chi connectivity index (χ2n) is 9.72. The molecule has 5 rings (SSSR count). The number of aromatic carboxylic acids is 1. The van der Waals surface area contributed by atoms with Crippen LogP contribution in [0.3, 0.4) is 0 Å². The summed E-state index contributed by atoms with van der Waals surface area (Å²) in [7, 11) is 0. The lowest BCUT2D eigenvalue weighted by molar-refractivity contribution is 0.0296. The molecule has 36 heavy (non-hydrogen) atoms. The number of carboxylic acid groups (broad SMARTS) is 1. The van der Waals surface area contributed by atoms with Crippen molar-refractivity contribution in [2.45, 2.75) is 13.5 Å². The summed E-state index contributed by atoms with van der Waals surface area (Å²) in [6.45, 7) is 11.6. The van der Waals surface area contributed by atoms with Gasteiger partial charge in [0.25, 0.3) is 5.56 Å². The lowest BCUT2D eigenvalue weighted by atomic mass is 10.0. The fourth-order valence-electron chi connectivity index (χ4n) is 5.32. The molecule has 2 saturated heterocycles. The average molecular weight is 491 g/mol. The van der Waals surface area contributed by atoms with E-state index in [4.69, 9.17) is 4.74 Å². The molecule has 3 heterocycles. The van der Waals surface area contributed by atoms with Crippen LogP contribution in [-0.4, -0.2) is 95.9 Å². The van der Waals surface area contributed by atoms with Crippen LogP contribution < -0.4 is 5.56 Å². The molecule has 8 nitrogen and oxygen atoms in total. The van der Waals surface area contributed by atoms with Crippen molar-refractivity contribution in [3.8, 4) is 5.69 Å². The molecule has 2 aromatic carbocycles. The van der Waals surface area contributed by atoms with Gasteiger partial charge in [0.2, 0.25) is 0 Å². The van der Waals surface area contributed by atoms with E-state index >= 15 is 0 Å². The average Bonchev–Trinajstić information content (AvgIpc) is 2.89. The van der Waals surface area contributed by atoms with Gasteiger partial charge in [0.15, 0.2) is 0 Å². The normalized spacial score (nSPS) is 18.0. The van der Waals surface area contributed by atoms with E-state index in [9.17, 15) is 14.7 Å². The third-order valence-corrected chi connectivity index (χ3v) is 7.34. The minimum absolute atomic E-state index is 0.180. The quantitative estimate of drug-likeness (QED) is 0.545. The maximum Gasteiger partial charge on any atom is 0.338 e. The minimum atomic E-state index is -1.01. The van der Waals surface area contributed by atoms with Gasteiger partial charge in [-0.3, -0.25) is 24.1 Å². The number of hydrogen-bond donors (Lipinski definition) is 1. The number of aryl methyl sites for hydroxylation is 1. The maximum atomic E-state index is 13.7. The van der Waals surface area contributed by atoms with E-state index in [-0.39, 0.29) is 11.1 Å². The number of aromatic nitrogens is 1. The number of rotatable bonds is 7. The molecular formula is C28H34N4O4. The molecule has 3 aromatic rings. The second-order valence-corrected chi connectivity index (χ2v) is 9.72. The Kier molecular flexibility index (Phi) is 7.48. The van der Waals surface area contributed by atoms with E-state index in [1.54, 1.807) is 28.8 Å². The first-order valence-corrected chi connectivity index (χ1v) is 12.7. The largest absolute Gasteiger partial charge is 0.478 e. The third kappa shape index (κ3) is 5.22. The molecule has 1 N–H and O–H groups in total. The lowest BCUT2D eigenvalue weighted by Crippen LogP contribution is -2.49. The van der Waals surface area contributed by atoms with Crippen LogP contribution >= 0.6 is 0 Å². The van der Waals surface area contributed by atoms with E-state index < -0.39 is 5.97 Å². The SMILES string of the molecule is Cc1cccc(-n2c(CN3CCN(CCN4CCOCC4)CC3)c(C(=O)O)c3ccccc3c2=O)c1. The van der Waals surface area contributed by atoms with Crippen LogP contribution in [0.15, 0.2) is 53.3 Å². The van der Waals surface area contributed by atoms with Gasteiger partial charge in [-0.25, -0.2) is 4.79 Å². The predicted octanol–water partition coefficient (Wildman–Crippen LogP) is 2.45. The zero-order valence-corrected chi connectivity index (χ0v) is 20.9. The van der Waals surface area contributed by atoms with E-state index in [0.717, 1.165) is 71.1 Å². The fraction of sp³-hybridized carbons (Fsp3) is 0.429. The zero-order chi connectivity index (χ0) is 25.1. The summed E-state index contributed by atoms with van der Waals surface area (Å²) in [4.78, 5) is 33.5. The first-order chi connectivity index (χ1) is 17.5. The summed E-state index contributed by atoms with van der Waals surface area (Å²) in [5.41, 5.74) is 2.29. The first-order valence-electron chi connectivity index (χ1n) is 12.7. The number of fused-ring (bicyclic) bond motifs is 1. The van der Waals surface area contributed by atoms with Crippen molar-refractivity contribution in [1.29, 1.82) is 0 Å². The van der Waals surface area contributed by atoms with Crippen molar-refractivity contribution >= 4 is 16.7 Å². The highest BCUT2D eigenvalue weighted by Crippen LogP contribution is 2.25. The molecular weight excluding hydrogens is 456 g/mol. The van der Waals surface area contributed by atoms with E-state index in [0.29, 0.717) is 28.7 Å². The Morgan fingerprint density at radius 1 is 0.861 bits per heavy atom. The standard InChI is InChI=1S/C28H34N4O4/c1-21-5-4-6-22(19-21)32-25(26(28(34)35)23-7-2-3-8-24(23)27(32)33)20-31-13-11-29(12-14-31)9-10-30-15-17-36-18-16-30/h2-8,19H,9-18,20H2,1H3,(H,34,35).